The fourth-order valence-corrected chi connectivity index (χ4v) is 2.48. The Morgan fingerprint density at radius 2 is 1.67 bits per heavy atom. The van der Waals surface area contributed by atoms with Crippen LogP contribution in [-0.2, 0) is 16.4 Å². The molecule has 4 heteroatoms. The minimum absolute atomic E-state index is 0.381. The van der Waals surface area contributed by atoms with Crippen LogP contribution in [0.1, 0.15) is 32.3 Å². The van der Waals surface area contributed by atoms with Gasteiger partial charge in [0.2, 0.25) is 0 Å². The molecular weight excluding hydrogens is 246 g/mol. The fraction of sp³-hybridized carbons (Fsp3) is 0.571. The highest BCUT2D eigenvalue weighted by atomic mass is 32.2. The molecule has 1 N–H and O–H groups in total. The van der Waals surface area contributed by atoms with Crippen molar-refractivity contribution in [2.45, 2.75) is 38.1 Å². The smallest absolute Gasteiger partial charge is 0.175 e. The molecule has 0 unspecified atom stereocenters. The van der Waals surface area contributed by atoms with Crippen LogP contribution in [0.4, 0.5) is 0 Å². The molecule has 1 aromatic rings. The fourth-order valence-electron chi connectivity index (χ4n) is 1.85. The van der Waals surface area contributed by atoms with Gasteiger partial charge in [0.05, 0.1) is 4.90 Å². The molecule has 0 aromatic heterocycles. The minimum atomic E-state index is -3.08. The van der Waals surface area contributed by atoms with E-state index < -0.39 is 9.84 Å². The quantitative estimate of drug-likeness (QED) is 0.827. The third kappa shape index (κ3) is 4.78. The van der Waals surface area contributed by atoms with Crippen molar-refractivity contribution in [1.29, 1.82) is 0 Å². The van der Waals surface area contributed by atoms with Crippen LogP contribution >= 0.6 is 0 Å². The Hall–Kier alpha value is -0.870. The maximum absolute atomic E-state index is 11.3. The monoisotopic (exact) mass is 269 g/mol. The van der Waals surface area contributed by atoms with E-state index in [1.54, 1.807) is 12.1 Å². The Morgan fingerprint density at radius 3 is 2.11 bits per heavy atom. The molecule has 18 heavy (non-hydrogen) atoms. The summed E-state index contributed by atoms with van der Waals surface area (Å²) >= 11 is 0. The molecule has 0 saturated carbocycles. The van der Waals surface area contributed by atoms with Gasteiger partial charge in [-0.15, -0.1) is 0 Å². The van der Waals surface area contributed by atoms with Crippen LogP contribution < -0.4 is 5.32 Å². The van der Waals surface area contributed by atoms with Crippen molar-refractivity contribution in [1.82, 2.24) is 5.32 Å². The Balaban J connectivity index is 2.50. The molecule has 0 saturated heterocycles. The molecule has 0 atom stereocenters. The lowest BCUT2D eigenvalue weighted by atomic mass is 10.0. The second kappa shape index (κ2) is 6.90. The van der Waals surface area contributed by atoms with Gasteiger partial charge in [-0.05, 0) is 30.2 Å². The molecule has 0 radical (unpaired) electrons. The van der Waals surface area contributed by atoms with Gasteiger partial charge in [0.1, 0.15) is 0 Å². The van der Waals surface area contributed by atoms with Crippen molar-refractivity contribution < 1.29 is 8.42 Å². The number of rotatable bonds is 7. The number of benzene rings is 1. The van der Waals surface area contributed by atoms with Gasteiger partial charge in [-0.25, -0.2) is 8.42 Å². The van der Waals surface area contributed by atoms with Crippen molar-refractivity contribution >= 4 is 9.84 Å². The van der Waals surface area contributed by atoms with E-state index in [0.717, 1.165) is 24.6 Å². The van der Waals surface area contributed by atoms with Gasteiger partial charge in [0.15, 0.2) is 9.84 Å². The SMILES string of the molecule is CCC(CC)CNCc1ccc(S(C)(=O)=O)cc1. The van der Waals surface area contributed by atoms with Crippen molar-refractivity contribution in [2.75, 3.05) is 12.8 Å². The first-order valence-electron chi connectivity index (χ1n) is 6.47. The van der Waals surface area contributed by atoms with E-state index in [-0.39, 0.29) is 0 Å². The molecule has 102 valence electrons. The highest BCUT2D eigenvalue weighted by Crippen LogP contribution is 2.11. The third-order valence-electron chi connectivity index (χ3n) is 3.27. The Morgan fingerprint density at radius 1 is 1.11 bits per heavy atom. The summed E-state index contributed by atoms with van der Waals surface area (Å²) in [6, 6.07) is 7.08. The van der Waals surface area contributed by atoms with Gasteiger partial charge in [0, 0.05) is 12.8 Å². The third-order valence-corrected chi connectivity index (χ3v) is 4.40. The lowest BCUT2D eigenvalue weighted by Gasteiger charge is -2.13. The standard InChI is InChI=1S/C14H23NO2S/c1-4-12(5-2)10-15-11-13-6-8-14(9-7-13)18(3,16)17/h6-9,12,15H,4-5,10-11H2,1-3H3. The van der Waals surface area contributed by atoms with Gasteiger partial charge < -0.3 is 5.32 Å². The highest BCUT2D eigenvalue weighted by Gasteiger charge is 2.06. The number of sulfone groups is 1. The van der Waals surface area contributed by atoms with Crippen molar-refractivity contribution in [2.24, 2.45) is 5.92 Å². The zero-order chi connectivity index (χ0) is 13.6. The second-order valence-electron chi connectivity index (χ2n) is 4.73. The Bertz CT molecular complexity index is 447. The van der Waals surface area contributed by atoms with Crippen LogP contribution in [-0.4, -0.2) is 21.2 Å². The first-order valence-corrected chi connectivity index (χ1v) is 8.36. The van der Waals surface area contributed by atoms with Gasteiger partial charge in [-0.2, -0.15) is 0 Å². The van der Waals surface area contributed by atoms with E-state index in [1.807, 2.05) is 12.1 Å². The summed E-state index contributed by atoms with van der Waals surface area (Å²) in [6.07, 6.45) is 3.61. The maximum Gasteiger partial charge on any atom is 0.175 e. The molecule has 0 aliphatic rings. The molecule has 0 fully saturated rings. The summed E-state index contributed by atoms with van der Waals surface area (Å²) in [7, 11) is -3.08. The summed E-state index contributed by atoms with van der Waals surface area (Å²) in [5.74, 6) is 0.722. The van der Waals surface area contributed by atoms with Crippen LogP contribution in [0.25, 0.3) is 0 Å². The van der Waals surface area contributed by atoms with Crippen LogP contribution in [0.15, 0.2) is 29.2 Å². The first-order chi connectivity index (χ1) is 8.47. The predicted octanol–water partition coefficient (Wildman–Crippen LogP) is 2.62. The normalized spacial score (nSPS) is 12.0. The average molecular weight is 269 g/mol. The van der Waals surface area contributed by atoms with Gasteiger partial charge in [-0.3, -0.25) is 0 Å². The number of hydrogen-bond donors (Lipinski definition) is 1. The van der Waals surface area contributed by atoms with Gasteiger partial charge in [0.25, 0.3) is 0 Å². The maximum atomic E-state index is 11.3. The molecule has 1 rings (SSSR count). The summed E-state index contributed by atoms with van der Waals surface area (Å²) in [5, 5.41) is 3.41. The first kappa shape index (κ1) is 15.2. The Labute approximate surface area is 111 Å². The summed E-state index contributed by atoms with van der Waals surface area (Å²) in [4.78, 5) is 0.381. The van der Waals surface area contributed by atoms with E-state index in [1.165, 1.54) is 19.1 Å². The van der Waals surface area contributed by atoms with Crippen LogP contribution in [0.5, 0.6) is 0 Å². The average Bonchev–Trinajstić information content (AvgIpc) is 2.34. The van der Waals surface area contributed by atoms with Crippen molar-refractivity contribution in [3.05, 3.63) is 29.8 Å². The van der Waals surface area contributed by atoms with Gasteiger partial charge in [-0.1, -0.05) is 38.8 Å². The van der Waals surface area contributed by atoms with E-state index in [4.69, 9.17) is 0 Å². The molecule has 0 heterocycles. The summed E-state index contributed by atoms with van der Waals surface area (Å²) < 4.78 is 22.6. The lowest BCUT2D eigenvalue weighted by Crippen LogP contribution is -2.21. The predicted molar refractivity (Wildman–Crippen MR) is 75.3 cm³/mol. The van der Waals surface area contributed by atoms with Crippen LogP contribution in [0.2, 0.25) is 0 Å². The van der Waals surface area contributed by atoms with Crippen LogP contribution in [0.3, 0.4) is 0 Å². The molecular formula is C14H23NO2S. The molecule has 0 spiro atoms. The topological polar surface area (TPSA) is 46.2 Å². The number of hydrogen-bond acceptors (Lipinski definition) is 3. The summed E-state index contributed by atoms with van der Waals surface area (Å²) in [6.45, 7) is 6.22. The Kier molecular flexibility index (Phi) is 5.82. The highest BCUT2D eigenvalue weighted by molar-refractivity contribution is 7.90. The van der Waals surface area contributed by atoms with E-state index in [2.05, 4.69) is 19.2 Å². The van der Waals surface area contributed by atoms with Gasteiger partial charge >= 0.3 is 0 Å². The van der Waals surface area contributed by atoms with Crippen molar-refractivity contribution in [3.63, 3.8) is 0 Å². The van der Waals surface area contributed by atoms with Crippen molar-refractivity contribution in [3.8, 4) is 0 Å². The van der Waals surface area contributed by atoms with E-state index in [0.29, 0.717) is 4.90 Å². The molecule has 1 aromatic carbocycles. The molecule has 0 bridgehead atoms. The zero-order valence-electron chi connectivity index (χ0n) is 11.4. The largest absolute Gasteiger partial charge is 0.312 e. The second-order valence-corrected chi connectivity index (χ2v) is 6.75. The minimum Gasteiger partial charge on any atom is -0.312 e. The lowest BCUT2D eigenvalue weighted by molar-refractivity contribution is 0.449. The summed E-state index contributed by atoms with van der Waals surface area (Å²) in [5.41, 5.74) is 1.12. The molecule has 0 aliphatic carbocycles. The molecule has 0 aliphatic heterocycles. The van der Waals surface area contributed by atoms with Crippen LogP contribution in [0, 0.1) is 5.92 Å². The molecule has 0 amide bonds. The molecule has 3 nitrogen and oxygen atoms in total. The zero-order valence-corrected chi connectivity index (χ0v) is 12.3. The van der Waals surface area contributed by atoms with E-state index in [9.17, 15) is 8.42 Å². The number of nitrogens with one attached hydrogen (secondary N) is 1. The van der Waals surface area contributed by atoms with E-state index >= 15 is 0 Å².